The van der Waals surface area contributed by atoms with Crippen LogP contribution in [-0.2, 0) is 7.05 Å². The van der Waals surface area contributed by atoms with E-state index < -0.39 is 0 Å². The van der Waals surface area contributed by atoms with E-state index >= 15 is 0 Å². The average Bonchev–Trinajstić information content (AvgIpc) is 2.53. The SMILES string of the molecule is Cc1ccc(-c2cnn(C)n2)cc1.N. The molecule has 0 radical (unpaired) electrons. The van der Waals surface area contributed by atoms with E-state index in [1.807, 2.05) is 7.05 Å². The maximum atomic E-state index is 4.22. The van der Waals surface area contributed by atoms with Crippen LogP contribution in [0.4, 0.5) is 0 Å². The maximum absolute atomic E-state index is 4.22. The van der Waals surface area contributed by atoms with Gasteiger partial charge in [0.1, 0.15) is 5.69 Å². The standard InChI is InChI=1S/C10H11N3.H3N/c1-8-3-5-9(6-4-8)10-7-11-13(2)12-10;/h3-7H,1-2H3;1H3. The summed E-state index contributed by atoms with van der Waals surface area (Å²) in [7, 11) is 1.82. The molecule has 14 heavy (non-hydrogen) atoms. The van der Waals surface area contributed by atoms with Crippen molar-refractivity contribution in [3.8, 4) is 11.3 Å². The molecule has 0 saturated heterocycles. The molecular weight excluding hydrogens is 176 g/mol. The number of hydrogen-bond donors (Lipinski definition) is 1. The van der Waals surface area contributed by atoms with Gasteiger partial charge in [0.25, 0.3) is 0 Å². The van der Waals surface area contributed by atoms with E-state index in [-0.39, 0.29) is 6.15 Å². The summed E-state index contributed by atoms with van der Waals surface area (Å²) in [6.07, 6.45) is 1.77. The fourth-order valence-electron chi connectivity index (χ4n) is 1.20. The van der Waals surface area contributed by atoms with Crippen molar-refractivity contribution < 1.29 is 0 Å². The first-order valence-corrected chi connectivity index (χ1v) is 4.19. The fourth-order valence-corrected chi connectivity index (χ4v) is 1.20. The molecule has 0 fully saturated rings. The molecule has 3 N–H and O–H groups in total. The van der Waals surface area contributed by atoms with Crippen molar-refractivity contribution in [3.63, 3.8) is 0 Å². The van der Waals surface area contributed by atoms with Crippen LogP contribution in [0.15, 0.2) is 30.5 Å². The van der Waals surface area contributed by atoms with Crippen molar-refractivity contribution in [2.45, 2.75) is 6.92 Å². The minimum Gasteiger partial charge on any atom is -0.344 e. The lowest BCUT2D eigenvalue weighted by molar-refractivity contribution is 0.655. The summed E-state index contributed by atoms with van der Waals surface area (Å²) >= 11 is 0. The van der Waals surface area contributed by atoms with Gasteiger partial charge in [0.2, 0.25) is 0 Å². The fraction of sp³-hybridized carbons (Fsp3) is 0.200. The zero-order chi connectivity index (χ0) is 9.26. The van der Waals surface area contributed by atoms with E-state index in [1.165, 1.54) is 5.56 Å². The topological polar surface area (TPSA) is 65.7 Å². The molecule has 2 rings (SSSR count). The molecule has 0 bridgehead atoms. The van der Waals surface area contributed by atoms with Gasteiger partial charge in [-0.05, 0) is 6.92 Å². The summed E-state index contributed by atoms with van der Waals surface area (Å²) in [4.78, 5) is 1.56. The maximum Gasteiger partial charge on any atom is 0.113 e. The predicted octanol–water partition coefficient (Wildman–Crippen LogP) is 1.95. The lowest BCUT2D eigenvalue weighted by Gasteiger charge is -1.95. The van der Waals surface area contributed by atoms with Crippen molar-refractivity contribution in [1.82, 2.24) is 21.1 Å². The number of aromatic nitrogens is 3. The summed E-state index contributed by atoms with van der Waals surface area (Å²) in [5.41, 5.74) is 3.29. The Labute approximate surface area is 83.1 Å². The van der Waals surface area contributed by atoms with Crippen LogP contribution >= 0.6 is 0 Å². The minimum absolute atomic E-state index is 0. The predicted molar refractivity (Wildman–Crippen MR) is 56.2 cm³/mol. The van der Waals surface area contributed by atoms with Gasteiger partial charge < -0.3 is 6.15 Å². The third-order valence-electron chi connectivity index (χ3n) is 1.95. The van der Waals surface area contributed by atoms with E-state index in [0.29, 0.717) is 0 Å². The van der Waals surface area contributed by atoms with Crippen molar-refractivity contribution in [2.75, 3.05) is 0 Å². The summed E-state index contributed by atoms with van der Waals surface area (Å²) in [5.74, 6) is 0. The number of benzene rings is 1. The Kier molecular flexibility index (Phi) is 2.99. The third kappa shape index (κ3) is 1.97. The van der Waals surface area contributed by atoms with Crippen LogP contribution in [-0.4, -0.2) is 15.0 Å². The van der Waals surface area contributed by atoms with Crippen molar-refractivity contribution in [1.29, 1.82) is 0 Å². The van der Waals surface area contributed by atoms with Crippen LogP contribution < -0.4 is 6.15 Å². The molecule has 1 aromatic heterocycles. The highest BCUT2D eigenvalue weighted by Crippen LogP contribution is 2.15. The third-order valence-corrected chi connectivity index (χ3v) is 1.95. The Morgan fingerprint density at radius 2 is 1.79 bits per heavy atom. The second-order valence-corrected chi connectivity index (χ2v) is 3.09. The van der Waals surface area contributed by atoms with Gasteiger partial charge in [0.05, 0.1) is 6.20 Å². The molecule has 74 valence electrons. The number of nitrogens with zero attached hydrogens (tertiary/aromatic N) is 3. The second-order valence-electron chi connectivity index (χ2n) is 3.09. The lowest BCUT2D eigenvalue weighted by Crippen LogP contribution is -1.91. The van der Waals surface area contributed by atoms with Crippen molar-refractivity contribution >= 4 is 0 Å². The Morgan fingerprint density at radius 3 is 2.29 bits per heavy atom. The molecule has 0 aliphatic carbocycles. The zero-order valence-corrected chi connectivity index (χ0v) is 8.44. The molecule has 1 heterocycles. The molecule has 0 amide bonds. The van der Waals surface area contributed by atoms with Crippen LogP contribution in [0, 0.1) is 6.92 Å². The Balaban J connectivity index is 0.000000980. The zero-order valence-electron chi connectivity index (χ0n) is 8.44. The van der Waals surface area contributed by atoms with Gasteiger partial charge in [0.15, 0.2) is 0 Å². The number of aryl methyl sites for hydroxylation is 2. The van der Waals surface area contributed by atoms with Crippen LogP contribution in [0.1, 0.15) is 5.56 Å². The van der Waals surface area contributed by atoms with Gasteiger partial charge in [-0.3, -0.25) is 0 Å². The molecule has 0 saturated carbocycles. The molecule has 0 aliphatic rings. The molecule has 4 nitrogen and oxygen atoms in total. The first-order chi connectivity index (χ1) is 6.25. The summed E-state index contributed by atoms with van der Waals surface area (Å²) in [6, 6.07) is 8.26. The highest BCUT2D eigenvalue weighted by Gasteiger charge is 2.00. The van der Waals surface area contributed by atoms with Crippen LogP contribution in [0.3, 0.4) is 0 Å². The van der Waals surface area contributed by atoms with E-state index in [9.17, 15) is 0 Å². The minimum atomic E-state index is 0. The molecular formula is C10H14N4. The van der Waals surface area contributed by atoms with Gasteiger partial charge in [-0.25, -0.2) is 0 Å². The van der Waals surface area contributed by atoms with Gasteiger partial charge in [-0.2, -0.15) is 15.0 Å². The van der Waals surface area contributed by atoms with Crippen LogP contribution in [0.25, 0.3) is 11.3 Å². The van der Waals surface area contributed by atoms with Gasteiger partial charge in [-0.1, -0.05) is 29.8 Å². The van der Waals surface area contributed by atoms with Crippen LogP contribution in [0.5, 0.6) is 0 Å². The molecule has 0 atom stereocenters. The van der Waals surface area contributed by atoms with Crippen molar-refractivity contribution in [2.24, 2.45) is 7.05 Å². The highest BCUT2D eigenvalue weighted by molar-refractivity contribution is 5.57. The quantitative estimate of drug-likeness (QED) is 0.747. The first kappa shape index (κ1) is 10.4. The summed E-state index contributed by atoms with van der Waals surface area (Å²) in [5, 5.41) is 8.24. The Hall–Kier alpha value is -1.68. The Bertz CT molecular complexity index is 402. The molecule has 0 aliphatic heterocycles. The molecule has 2 aromatic rings. The molecule has 0 spiro atoms. The number of rotatable bonds is 1. The molecule has 0 unspecified atom stereocenters. The van der Waals surface area contributed by atoms with Crippen LogP contribution in [0.2, 0.25) is 0 Å². The van der Waals surface area contributed by atoms with Gasteiger partial charge in [-0.15, -0.1) is 0 Å². The highest BCUT2D eigenvalue weighted by atomic mass is 15.4. The Morgan fingerprint density at radius 1 is 1.14 bits per heavy atom. The van der Waals surface area contributed by atoms with Gasteiger partial charge >= 0.3 is 0 Å². The monoisotopic (exact) mass is 190 g/mol. The first-order valence-electron chi connectivity index (χ1n) is 4.19. The van der Waals surface area contributed by atoms with Crippen molar-refractivity contribution in [3.05, 3.63) is 36.0 Å². The lowest BCUT2D eigenvalue weighted by atomic mass is 10.1. The summed E-state index contributed by atoms with van der Waals surface area (Å²) < 4.78 is 0. The largest absolute Gasteiger partial charge is 0.344 e. The van der Waals surface area contributed by atoms with E-state index in [0.717, 1.165) is 11.3 Å². The average molecular weight is 190 g/mol. The van der Waals surface area contributed by atoms with E-state index in [1.54, 1.807) is 11.0 Å². The normalized spacial score (nSPS) is 9.57. The van der Waals surface area contributed by atoms with E-state index in [4.69, 9.17) is 0 Å². The smallest absolute Gasteiger partial charge is 0.113 e. The summed E-state index contributed by atoms with van der Waals surface area (Å²) in [6.45, 7) is 2.07. The van der Waals surface area contributed by atoms with E-state index in [2.05, 4.69) is 41.4 Å². The number of hydrogen-bond acceptors (Lipinski definition) is 3. The second kappa shape index (κ2) is 4.02. The van der Waals surface area contributed by atoms with Gasteiger partial charge in [0, 0.05) is 12.6 Å². The molecule has 1 aromatic carbocycles. The molecule has 4 heteroatoms.